The van der Waals surface area contributed by atoms with E-state index in [-0.39, 0.29) is 41.6 Å². The zero-order chi connectivity index (χ0) is 23.4. The summed E-state index contributed by atoms with van der Waals surface area (Å²) >= 11 is 12.1. The van der Waals surface area contributed by atoms with Crippen molar-refractivity contribution < 1.29 is 17.9 Å². The second kappa shape index (κ2) is 10.7. The molecular formula is C23H27Cl2N3O4S. The van der Waals surface area contributed by atoms with E-state index in [1.165, 1.54) is 15.9 Å². The van der Waals surface area contributed by atoms with Gasteiger partial charge in [-0.2, -0.15) is 4.31 Å². The van der Waals surface area contributed by atoms with Gasteiger partial charge >= 0.3 is 0 Å². The predicted octanol–water partition coefficient (Wildman–Crippen LogP) is 3.16. The van der Waals surface area contributed by atoms with Crippen molar-refractivity contribution in [1.82, 2.24) is 14.5 Å². The second-order valence-electron chi connectivity index (χ2n) is 8.34. The maximum Gasteiger partial charge on any atom is 0.250 e. The molecule has 1 atom stereocenters. The first kappa shape index (κ1) is 24.4. The Hall–Kier alpha value is -1.68. The first-order chi connectivity index (χ1) is 15.8. The summed E-state index contributed by atoms with van der Waals surface area (Å²) in [6.07, 6.45) is 0.810. The SMILES string of the molecule is O=C(NC1CCN(Cc2ccc(Cl)cc2)CC1)C1CN(S(=O)(=O)c2ccccc2Cl)CCO1. The van der Waals surface area contributed by atoms with Crippen molar-refractivity contribution in [3.8, 4) is 0 Å². The van der Waals surface area contributed by atoms with E-state index in [4.69, 9.17) is 27.9 Å². The molecule has 2 aromatic carbocycles. The number of rotatable bonds is 6. The van der Waals surface area contributed by atoms with Gasteiger partial charge in [0.1, 0.15) is 11.0 Å². The molecular weight excluding hydrogens is 485 g/mol. The third-order valence-electron chi connectivity index (χ3n) is 6.03. The number of carbonyl (C=O) groups is 1. The minimum Gasteiger partial charge on any atom is -0.366 e. The number of amides is 1. The number of hydrogen-bond donors (Lipinski definition) is 1. The maximum atomic E-state index is 13.0. The van der Waals surface area contributed by atoms with Crippen LogP contribution in [0.4, 0.5) is 0 Å². The number of ether oxygens (including phenoxy) is 1. The lowest BCUT2D eigenvalue weighted by molar-refractivity contribution is -0.137. The zero-order valence-corrected chi connectivity index (χ0v) is 20.5. The fourth-order valence-corrected chi connectivity index (χ4v) is 6.22. The minimum atomic E-state index is -3.81. The lowest BCUT2D eigenvalue weighted by atomic mass is 10.0. The van der Waals surface area contributed by atoms with Gasteiger partial charge in [-0.15, -0.1) is 0 Å². The first-order valence-electron chi connectivity index (χ1n) is 11.0. The molecule has 0 bridgehead atoms. The van der Waals surface area contributed by atoms with Gasteiger partial charge in [0.25, 0.3) is 5.91 Å². The number of morpholine rings is 1. The summed E-state index contributed by atoms with van der Waals surface area (Å²) in [5.41, 5.74) is 1.21. The number of halogens is 2. The quantitative estimate of drug-likeness (QED) is 0.644. The van der Waals surface area contributed by atoms with Crippen LogP contribution in [-0.4, -0.2) is 68.5 Å². The Labute approximate surface area is 204 Å². The highest BCUT2D eigenvalue weighted by atomic mass is 35.5. The summed E-state index contributed by atoms with van der Waals surface area (Å²) < 4.78 is 32.9. The number of benzene rings is 2. The van der Waals surface area contributed by atoms with E-state index in [1.54, 1.807) is 18.2 Å². The van der Waals surface area contributed by atoms with Crippen molar-refractivity contribution >= 4 is 39.1 Å². The highest BCUT2D eigenvalue weighted by molar-refractivity contribution is 7.89. The van der Waals surface area contributed by atoms with Crippen molar-refractivity contribution in [3.63, 3.8) is 0 Å². The monoisotopic (exact) mass is 511 g/mol. The normalized spacial score (nSPS) is 21.1. The fourth-order valence-electron chi connectivity index (χ4n) is 4.17. The van der Waals surface area contributed by atoms with Gasteiger partial charge in [0.05, 0.1) is 11.6 Å². The number of sulfonamides is 1. The molecule has 0 spiro atoms. The third kappa shape index (κ3) is 6.07. The molecule has 7 nitrogen and oxygen atoms in total. The van der Waals surface area contributed by atoms with Gasteiger partial charge in [-0.05, 0) is 42.7 Å². The zero-order valence-electron chi connectivity index (χ0n) is 18.1. The average molecular weight is 512 g/mol. The van der Waals surface area contributed by atoms with Crippen molar-refractivity contribution in [2.45, 2.75) is 36.4 Å². The molecule has 2 heterocycles. The molecule has 0 aromatic heterocycles. The molecule has 1 amide bonds. The molecule has 2 fully saturated rings. The minimum absolute atomic E-state index is 0.0329. The van der Waals surface area contributed by atoms with Crippen LogP contribution in [-0.2, 0) is 26.1 Å². The Bertz CT molecular complexity index is 1070. The van der Waals surface area contributed by atoms with Crippen LogP contribution >= 0.6 is 23.2 Å². The van der Waals surface area contributed by atoms with Crippen LogP contribution in [0, 0.1) is 0 Å². The van der Waals surface area contributed by atoms with Gasteiger partial charge in [0, 0.05) is 43.8 Å². The summed E-state index contributed by atoms with van der Waals surface area (Å²) in [5, 5.41) is 3.94. The number of likely N-dealkylation sites (tertiary alicyclic amines) is 1. The highest BCUT2D eigenvalue weighted by Crippen LogP contribution is 2.26. The van der Waals surface area contributed by atoms with Crippen molar-refractivity contribution in [2.75, 3.05) is 32.8 Å². The number of nitrogens with one attached hydrogen (secondary N) is 1. The molecule has 0 radical (unpaired) electrons. The second-order valence-corrected chi connectivity index (χ2v) is 11.1. The Kier molecular flexibility index (Phi) is 7.94. The Balaban J connectivity index is 1.29. The number of hydrogen-bond acceptors (Lipinski definition) is 5. The van der Waals surface area contributed by atoms with Crippen LogP contribution in [0.15, 0.2) is 53.4 Å². The number of nitrogens with zero attached hydrogens (tertiary/aromatic N) is 2. The van der Waals surface area contributed by atoms with E-state index < -0.39 is 16.1 Å². The van der Waals surface area contributed by atoms with Crippen LogP contribution in [0.25, 0.3) is 0 Å². The fraction of sp³-hybridized carbons (Fsp3) is 0.435. The Morgan fingerprint density at radius 2 is 1.73 bits per heavy atom. The first-order valence-corrected chi connectivity index (χ1v) is 13.2. The molecule has 178 valence electrons. The largest absolute Gasteiger partial charge is 0.366 e. The van der Waals surface area contributed by atoms with Gasteiger partial charge in [0.15, 0.2) is 0 Å². The van der Waals surface area contributed by atoms with Crippen molar-refractivity contribution in [1.29, 1.82) is 0 Å². The average Bonchev–Trinajstić information content (AvgIpc) is 2.82. The van der Waals surface area contributed by atoms with Crippen LogP contribution in [0.3, 0.4) is 0 Å². The summed E-state index contributed by atoms with van der Waals surface area (Å²) in [6.45, 7) is 2.88. The van der Waals surface area contributed by atoms with Crippen LogP contribution in [0.1, 0.15) is 18.4 Å². The summed E-state index contributed by atoms with van der Waals surface area (Å²) in [5.74, 6) is -0.273. The molecule has 2 aliphatic heterocycles. The third-order valence-corrected chi connectivity index (χ3v) is 8.65. The van der Waals surface area contributed by atoms with E-state index >= 15 is 0 Å². The molecule has 33 heavy (non-hydrogen) atoms. The van der Waals surface area contributed by atoms with Gasteiger partial charge < -0.3 is 10.1 Å². The van der Waals surface area contributed by atoms with E-state index in [1.807, 2.05) is 24.3 Å². The molecule has 4 rings (SSSR count). The van der Waals surface area contributed by atoms with E-state index in [0.29, 0.717) is 0 Å². The van der Waals surface area contributed by atoms with Gasteiger partial charge in [-0.3, -0.25) is 9.69 Å². The van der Waals surface area contributed by atoms with E-state index in [9.17, 15) is 13.2 Å². The van der Waals surface area contributed by atoms with E-state index in [2.05, 4.69) is 10.2 Å². The van der Waals surface area contributed by atoms with Crippen molar-refractivity contribution in [3.05, 3.63) is 64.1 Å². The molecule has 2 saturated heterocycles. The smallest absolute Gasteiger partial charge is 0.250 e. The van der Waals surface area contributed by atoms with Crippen LogP contribution < -0.4 is 5.32 Å². The van der Waals surface area contributed by atoms with Gasteiger partial charge in [0.2, 0.25) is 10.0 Å². The maximum absolute atomic E-state index is 13.0. The summed E-state index contributed by atoms with van der Waals surface area (Å²) in [7, 11) is -3.81. The molecule has 2 aliphatic rings. The topological polar surface area (TPSA) is 79.0 Å². The molecule has 0 saturated carbocycles. The van der Waals surface area contributed by atoms with Crippen LogP contribution in [0.5, 0.6) is 0 Å². The lowest BCUT2D eigenvalue weighted by Crippen LogP contribution is -2.54. The molecule has 2 aromatic rings. The summed E-state index contributed by atoms with van der Waals surface area (Å²) in [4.78, 5) is 15.2. The number of piperidine rings is 1. The predicted molar refractivity (Wildman–Crippen MR) is 128 cm³/mol. The molecule has 1 N–H and O–H groups in total. The van der Waals surface area contributed by atoms with Gasteiger partial charge in [-0.1, -0.05) is 47.5 Å². The highest BCUT2D eigenvalue weighted by Gasteiger charge is 2.35. The van der Waals surface area contributed by atoms with Crippen molar-refractivity contribution in [2.24, 2.45) is 0 Å². The van der Waals surface area contributed by atoms with Crippen LogP contribution in [0.2, 0.25) is 10.0 Å². The molecule has 1 unspecified atom stereocenters. The standard InChI is InChI=1S/C23H27Cl2N3O4S/c24-18-7-5-17(6-8-18)15-27-11-9-19(10-12-27)26-23(29)21-16-28(13-14-32-21)33(30,31)22-4-2-1-3-20(22)25/h1-8,19,21H,9-16H2,(H,26,29). The Morgan fingerprint density at radius 1 is 1.03 bits per heavy atom. The Morgan fingerprint density at radius 3 is 2.42 bits per heavy atom. The van der Waals surface area contributed by atoms with E-state index in [0.717, 1.165) is 37.5 Å². The molecule has 0 aliphatic carbocycles. The molecule has 10 heteroatoms. The number of carbonyl (C=O) groups excluding carboxylic acids is 1. The summed E-state index contributed by atoms with van der Waals surface area (Å²) in [6, 6.07) is 14.2. The lowest BCUT2D eigenvalue weighted by Gasteiger charge is -2.35. The van der Waals surface area contributed by atoms with Gasteiger partial charge in [-0.25, -0.2) is 8.42 Å².